The van der Waals surface area contributed by atoms with E-state index in [0.717, 1.165) is 19.3 Å². The van der Waals surface area contributed by atoms with Crippen molar-refractivity contribution >= 4 is 5.97 Å². The predicted molar refractivity (Wildman–Crippen MR) is 118 cm³/mol. The van der Waals surface area contributed by atoms with Gasteiger partial charge in [-0.3, -0.25) is 4.79 Å². The quantitative estimate of drug-likeness (QED) is 0.211. The van der Waals surface area contributed by atoms with E-state index in [2.05, 4.69) is 12.2 Å². The van der Waals surface area contributed by atoms with Gasteiger partial charge in [-0.15, -0.1) is 0 Å². The molecular weight excluding hydrogens is 366 g/mol. The summed E-state index contributed by atoms with van der Waals surface area (Å²) in [5.41, 5.74) is 0.478. The average Bonchev–Trinajstić information content (AvgIpc) is 2.65. The topological polar surface area (TPSA) is 78.8 Å². The van der Waals surface area contributed by atoms with Gasteiger partial charge in [0.15, 0.2) is 11.5 Å². The fraction of sp³-hybridized carbons (Fsp3) is 0.708. The monoisotopic (exact) mass is 407 g/mol. The highest BCUT2D eigenvalue weighted by Crippen LogP contribution is 2.29. The van der Waals surface area contributed by atoms with Crippen LogP contribution in [-0.2, 0) is 4.79 Å². The molecule has 0 saturated carbocycles. The van der Waals surface area contributed by atoms with Gasteiger partial charge in [0, 0.05) is 18.5 Å². The number of phenols is 1. The minimum atomic E-state index is -0.744. The summed E-state index contributed by atoms with van der Waals surface area (Å²) in [6.07, 6.45) is 10.4. The first-order valence-electron chi connectivity index (χ1n) is 11.2. The lowest BCUT2D eigenvalue weighted by atomic mass is 10.1. The number of carbonyl (C=O) groups is 1. The molecule has 0 spiro atoms. The van der Waals surface area contributed by atoms with Crippen LogP contribution >= 0.6 is 0 Å². The van der Waals surface area contributed by atoms with Gasteiger partial charge in [0.2, 0.25) is 0 Å². The van der Waals surface area contributed by atoms with Crippen LogP contribution in [0.2, 0.25) is 0 Å². The predicted octanol–water partition coefficient (Wildman–Crippen LogP) is 5.64. The fourth-order valence-electron chi connectivity index (χ4n) is 3.10. The van der Waals surface area contributed by atoms with Crippen LogP contribution in [0.3, 0.4) is 0 Å². The Balaban J connectivity index is 2.30. The largest absolute Gasteiger partial charge is 0.504 e. The fourth-order valence-corrected chi connectivity index (χ4v) is 3.10. The Morgan fingerprint density at radius 2 is 1.62 bits per heavy atom. The van der Waals surface area contributed by atoms with Crippen LogP contribution in [0, 0.1) is 0 Å². The number of β-amino-alcohol motifs (C(OH)–C–C–N with tert-alkyl or cyclic N) is 1. The van der Waals surface area contributed by atoms with Crippen LogP contribution in [0.4, 0.5) is 0 Å². The van der Waals surface area contributed by atoms with Crippen LogP contribution in [0.15, 0.2) is 18.2 Å². The van der Waals surface area contributed by atoms with Gasteiger partial charge in [-0.05, 0) is 44.9 Å². The molecule has 1 aromatic carbocycles. The molecule has 5 nitrogen and oxygen atoms in total. The number of hydrogen-bond acceptors (Lipinski definition) is 5. The molecule has 0 radical (unpaired) electrons. The highest BCUT2D eigenvalue weighted by molar-refractivity contribution is 5.73. The Labute approximate surface area is 176 Å². The van der Waals surface area contributed by atoms with Crippen molar-refractivity contribution < 1.29 is 19.7 Å². The highest BCUT2D eigenvalue weighted by atomic mass is 16.5. The van der Waals surface area contributed by atoms with Crippen molar-refractivity contribution in [1.29, 1.82) is 0 Å². The van der Waals surface area contributed by atoms with Crippen molar-refractivity contribution in [1.82, 2.24) is 5.32 Å². The lowest BCUT2D eigenvalue weighted by Crippen LogP contribution is -2.38. The number of esters is 1. The molecule has 0 aliphatic rings. The lowest BCUT2D eigenvalue weighted by molar-refractivity contribution is -0.134. The number of nitrogens with one attached hydrogen (secondary N) is 1. The molecule has 0 aliphatic carbocycles. The number of aliphatic hydroxyl groups is 1. The second-order valence-corrected chi connectivity index (χ2v) is 8.93. The first-order valence-corrected chi connectivity index (χ1v) is 11.2. The van der Waals surface area contributed by atoms with Gasteiger partial charge in [0.1, 0.15) is 0 Å². The SMILES string of the molecule is CCCCCCCCCCCC(=O)Oc1ccc(C(O)CNC(C)(C)C)cc1O. The van der Waals surface area contributed by atoms with Crippen LogP contribution in [0.5, 0.6) is 11.5 Å². The third kappa shape index (κ3) is 11.9. The van der Waals surface area contributed by atoms with E-state index in [0.29, 0.717) is 18.5 Å². The molecule has 1 rings (SSSR count). The van der Waals surface area contributed by atoms with Gasteiger partial charge in [0.25, 0.3) is 0 Å². The van der Waals surface area contributed by atoms with E-state index in [1.807, 2.05) is 20.8 Å². The maximum absolute atomic E-state index is 12.0. The number of unbranched alkanes of at least 4 members (excludes halogenated alkanes) is 8. The summed E-state index contributed by atoms with van der Waals surface area (Å²) < 4.78 is 5.28. The maximum atomic E-state index is 12.0. The Hall–Kier alpha value is -1.59. The first-order chi connectivity index (χ1) is 13.7. The molecule has 0 heterocycles. The number of ether oxygens (including phenoxy) is 1. The van der Waals surface area contributed by atoms with Gasteiger partial charge >= 0.3 is 5.97 Å². The summed E-state index contributed by atoms with van der Waals surface area (Å²) in [5.74, 6) is -0.311. The summed E-state index contributed by atoms with van der Waals surface area (Å²) >= 11 is 0. The molecule has 0 amide bonds. The van der Waals surface area contributed by atoms with E-state index >= 15 is 0 Å². The normalized spacial score (nSPS) is 12.7. The summed E-state index contributed by atoms with van der Waals surface area (Å²) in [7, 11) is 0. The molecule has 3 N–H and O–H groups in total. The van der Waals surface area contributed by atoms with E-state index in [-0.39, 0.29) is 23.0 Å². The smallest absolute Gasteiger partial charge is 0.311 e. The van der Waals surface area contributed by atoms with Crippen molar-refractivity contribution in [3.63, 3.8) is 0 Å². The van der Waals surface area contributed by atoms with Crippen LogP contribution < -0.4 is 10.1 Å². The van der Waals surface area contributed by atoms with Crippen LogP contribution in [0.1, 0.15) is 104 Å². The van der Waals surface area contributed by atoms with E-state index in [1.165, 1.54) is 44.6 Å². The van der Waals surface area contributed by atoms with Gasteiger partial charge in [-0.1, -0.05) is 64.4 Å². The van der Waals surface area contributed by atoms with E-state index in [4.69, 9.17) is 4.74 Å². The number of phenolic OH excluding ortho intramolecular Hbond substituents is 1. The molecule has 166 valence electrons. The third-order valence-corrected chi connectivity index (χ3v) is 4.90. The average molecular weight is 408 g/mol. The number of rotatable bonds is 14. The molecule has 0 fully saturated rings. The molecule has 0 aliphatic heterocycles. The Morgan fingerprint density at radius 1 is 1.03 bits per heavy atom. The van der Waals surface area contributed by atoms with Gasteiger partial charge in [-0.25, -0.2) is 0 Å². The molecule has 29 heavy (non-hydrogen) atoms. The third-order valence-electron chi connectivity index (χ3n) is 4.90. The Bertz CT molecular complexity index is 595. The zero-order chi connectivity index (χ0) is 21.7. The van der Waals surface area contributed by atoms with Crippen molar-refractivity contribution in [3.8, 4) is 11.5 Å². The van der Waals surface area contributed by atoms with Crippen molar-refractivity contribution in [2.24, 2.45) is 0 Å². The van der Waals surface area contributed by atoms with E-state index < -0.39 is 6.10 Å². The number of aliphatic hydroxyl groups excluding tert-OH is 1. The van der Waals surface area contributed by atoms with Crippen molar-refractivity contribution in [3.05, 3.63) is 23.8 Å². The molecule has 1 unspecified atom stereocenters. The summed E-state index contributed by atoms with van der Waals surface area (Å²) in [6.45, 7) is 8.66. The van der Waals surface area contributed by atoms with Crippen LogP contribution in [0.25, 0.3) is 0 Å². The van der Waals surface area contributed by atoms with Crippen LogP contribution in [-0.4, -0.2) is 28.3 Å². The van der Waals surface area contributed by atoms with Crippen molar-refractivity contribution in [2.45, 2.75) is 104 Å². The molecule has 0 bridgehead atoms. The summed E-state index contributed by atoms with van der Waals surface area (Å²) in [5, 5.41) is 23.6. The van der Waals surface area contributed by atoms with Crippen molar-refractivity contribution in [2.75, 3.05) is 6.54 Å². The van der Waals surface area contributed by atoms with Gasteiger partial charge in [0.05, 0.1) is 6.10 Å². The Morgan fingerprint density at radius 3 is 2.17 bits per heavy atom. The number of benzene rings is 1. The summed E-state index contributed by atoms with van der Waals surface area (Å²) in [4.78, 5) is 12.0. The lowest BCUT2D eigenvalue weighted by Gasteiger charge is -2.23. The zero-order valence-corrected chi connectivity index (χ0v) is 18.8. The minimum Gasteiger partial charge on any atom is -0.504 e. The molecule has 5 heteroatoms. The molecule has 1 atom stereocenters. The zero-order valence-electron chi connectivity index (χ0n) is 18.8. The molecule has 0 saturated heterocycles. The standard InChI is InChI=1S/C24H41NO4/c1-5-6-7-8-9-10-11-12-13-14-23(28)29-22-16-15-19(17-20(22)26)21(27)18-25-24(2,3)4/h15-17,21,25-27H,5-14,18H2,1-4H3. The van der Waals surface area contributed by atoms with Gasteiger partial charge < -0.3 is 20.3 Å². The second kappa shape index (κ2) is 13.6. The molecule has 1 aromatic rings. The minimum absolute atomic E-state index is 0.104. The number of hydrogen-bond donors (Lipinski definition) is 3. The summed E-state index contributed by atoms with van der Waals surface area (Å²) in [6, 6.07) is 4.67. The molecular formula is C24H41NO4. The highest BCUT2D eigenvalue weighted by Gasteiger charge is 2.16. The van der Waals surface area contributed by atoms with E-state index in [1.54, 1.807) is 12.1 Å². The maximum Gasteiger partial charge on any atom is 0.311 e. The second-order valence-electron chi connectivity index (χ2n) is 8.93. The first kappa shape index (κ1) is 25.4. The molecule has 0 aromatic heterocycles. The number of aromatic hydroxyl groups is 1. The number of carbonyl (C=O) groups excluding carboxylic acids is 1. The van der Waals surface area contributed by atoms with Gasteiger partial charge in [-0.2, -0.15) is 0 Å². The Kier molecular flexibility index (Phi) is 11.9. The van der Waals surface area contributed by atoms with E-state index in [9.17, 15) is 15.0 Å².